The van der Waals surface area contributed by atoms with Crippen molar-refractivity contribution < 1.29 is 14.1 Å². The first-order chi connectivity index (χ1) is 14.6. The molecule has 6 nitrogen and oxygen atoms in total. The number of aryl methyl sites for hydroxylation is 1. The molecule has 156 valence electrons. The fraction of sp³-hybridized carbons (Fsp3) is 0.261. The zero-order valence-electron chi connectivity index (χ0n) is 16.9. The van der Waals surface area contributed by atoms with Crippen molar-refractivity contribution in [1.82, 2.24) is 15.0 Å². The van der Waals surface area contributed by atoms with Gasteiger partial charge in [-0.1, -0.05) is 35.0 Å². The van der Waals surface area contributed by atoms with Gasteiger partial charge in [-0.15, -0.1) is 6.58 Å². The van der Waals surface area contributed by atoms with E-state index in [4.69, 9.17) is 20.9 Å². The Morgan fingerprint density at radius 3 is 2.60 bits per heavy atom. The van der Waals surface area contributed by atoms with Gasteiger partial charge in [0.25, 0.3) is 0 Å². The van der Waals surface area contributed by atoms with E-state index in [1.165, 1.54) is 0 Å². The fourth-order valence-electron chi connectivity index (χ4n) is 2.98. The lowest BCUT2D eigenvalue weighted by Crippen LogP contribution is -2.30. The van der Waals surface area contributed by atoms with Gasteiger partial charge in [0.1, 0.15) is 5.75 Å². The molecule has 7 heteroatoms. The molecule has 0 spiro atoms. The first kappa shape index (κ1) is 21.6. The van der Waals surface area contributed by atoms with E-state index in [1.807, 2.05) is 36.4 Å². The lowest BCUT2D eigenvalue weighted by atomic mass is 10.1. The summed E-state index contributed by atoms with van der Waals surface area (Å²) in [6.07, 6.45) is 3.29. The first-order valence-electron chi connectivity index (χ1n) is 9.69. The minimum Gasteiger partial charge on any atom is -0.497 e. The summed E-state index contributed by atoms with van der Waals surface area (Å²) in [6.45, 7) is 4.78. The molecule has 0 unspecified atom stereocenters. The normalized spacial score (nSPS) is 10.6. The van der Waals surface area contributed by atoms with Crippen LogP contribution in [0.4, 0.5) is 0 Å². The lowest BCUT2D eigenvalue weighted by molar-refractivity contribution is -0.131. The Morgan fingerprint density at radius 1 is 1.20 bits per heavy atom. The van der Waals surface area contributed by atoms with E-state index in [9.17, 15) is 4.79 Å². The molecule has 0 radical (unpaired) electrons. The Kier molecular flexibility index (Phi) is 7.63. The summed E-state index contributed by atoms with van der Waals surface area (Å²) in [4.78, 5) is 18.9. The summed E-state index contributed by atoms with van der Waals surface area (Å²) in [7, 11) is 1.63. The Morgan fingerprint density at radius 2 is 1.93 bits per heavy atom. The van der Waals surface area contributed by atoms with Crippen molar-refractivity contribution in [2.45, 2.75) is 25.8 Å². The van der Waals surface area contributed by atoms with E-state index in [0.29, 0.717) is 49.1 Å². The molecule has 0 bridgehead atoms. The van der Waals surface area contributed by atoms with Gasteiger partial charge >= 0.3 is 0 Å². The average Bonchev–Trinajstić information content (AvgIpc) is 3.23. The van der Waals surface area contributed by atoms with Gasteiger partial charge < -0.3 is 14.2 Å². The highest BCUT2D eigenvalue weighted by molar-refractivity contribution is 6.30. The van der Waals surface area contributed by atoms with Crippen molar-refractivity contribution in [1.29, 1.82) is 0 Å². The average molecular weight is 426 g/mol. The number of ether oxygens (including phenoxy) is 1. The van der Waals surface area contributed by atoms with Gasteiger partial charge in [-0.2, -0.15) is 4.98 Å². The minimum absolute atomic E-state index is 0.0585. The van der Waals surface area contributed by atoms with Crippen LogP contribution in [0.1, 0.15) is 24.3 Å². The minimum atomic E-state index is 0.0585. The van der Waals surface area contributed by atoms with Crippen molar-refractivity contribution in [3.05, 3.63) is 77.7 Å². The summed E-state index contributed by atoms with van der Waals surface area (Å²) in [5, 5.41) is 4.65. The van der Waals surface area contributed by atoms with E-state index < -0.39 is 0 Å². The van der Waals surface area contributed by atoms with Crippen molar-refractivity contribution >= 4 is 17.5 Å². The van der Waals surface area contributed by atoms with Crippen LogP contribution in [0.5, 0.6) is 5.75 Å². The summed E-state index contributed by atoms with van der Waals surface area (Å²) in [5.74, 6) is 1.87. The molecule has 0 fully saturated rings. The molecule has 0 N–H and O–H groups in total. The van der Waals surface area contributed by atoms with Crippen LogP contribution in [0.15, 0.2) is 65.7 Å². The maximum atomic E-state index is 12.7. The zero-order valence-corrected chi connectivity index (χ0v) is 17.6. The predicted molar refractivity (Wildman–Crippen MR) is 116 cm³/mol. The highest BCUT2D eigenvalue weighted by Gasteiger charge is 2.14. The number of amides is 1. The molecule has 30 heavy (non-hydrogen) atoms. The number of hydrogen-bond donors (Lipinski definition) is 0. The molecule has 1 aromatic heterocycles. The van der Waals surface area contributed by atoms with Crippen LogP contribution in [0, 0.1) is 0 Å². The van der Waals surface area contributed by atoms with Crippen molar-refractivity contribution in [2.24, 2.45) is 0 Å². The number of aromatic nitrogens is 2. The number of methoxy groups -OCH3 is 1. The van der Waals surface area contributed by atoms with Crippen LogP contribution in [0.25, 0.3) is 11.4 Å². The van der Waals surface area contributed by atoms with Crippen LogP contribution in [0.2, 0.25) is 5.02 Å². The second-order valence-electron chi connectivity index (χ2n) is 6.78. The molecule has 3 aromatic rings. The Labute approximate surface area is 181 Å². The molecule has 0 aliphatic rings. The van der Waals surface area contributed by atoms with Crippen LogP contribution < -0.4 is 4.74 Å². The molecular weight excluding hydrogens is 402 g/mol. The topological polar surface area (TPSA) is 68.5 Å². The highest BCUT2D eigenvalue weighted by atomic mass is 35.5. The summed E-state index contributed by atoms with van der Waals surface area (Å²) in [5.41, 5.74) is 1.87. The number of benzene rings is 2. The zero-order chi connectivity index (χ0) is 21.3. The van der Waals surface area contributed by atoms with Gasteiger partial charge in [0.15, 0.2) is 0 Å². The molecule has 0 atom stereocenters. The maximum Gasteiger partial charge on any atom is 0.226 e. The third-order valence-electron chi connectivity index (χ3n) is 4.59. The monoisotopic (exact) mass is 425 g/mol. The summed E-state index contributed by atoms with van der Waals surface area (Å²) >= 11 is 5.90. The first-order valence-corrected chi connectivity index (χ1v) is 10.1. The van der Waals surface area contributed by atoms with Gasteiger partial charge in [-0.05, 0) is 48.4 Å². The van der Waals surface area contributed by atoms with E-state index in [0.717, 1.165) is 16.9 Å². The van der Waals surface area contributed by atoms with E-state index in [2.05, 4.69) is 16.7 Å². The fourth-order valence-corrected chi connectivity index (χ4v) is 3.11. The van der Waals surface area contributed by atoms with Gasteiger partial charge in [0, 0.05) is 36.5 Å². The largest absolute Gasteiger partial charge is 0.497 e. The van der Waals surface area contributed by atoms with Crippen molar-refractivity contribution in [2.75, 3.05) is 13.7 Å². The Bertz CT molecular complexity index is 968. The molecule has 1 amide bonds. The summed E-state index contributed by atoms with van der Waals surface area (Å²) in [6, 6.07) is 14.9. The van der Waals surface area contributed by atoms with E-state index >= 15 is 0 Å². The number of rotatable bonds is 10. The van der Waals surface area contributed by atoms with Crippen molar-refractivity contribution in [3.8, 4) is 17.1 Å². The molecule has 3 rings (SSSR count). The van der Waals surface area contributed by atoms with Gasteiger partial charge in [-0.3, -0.25) is 4.79 Å². The van der Waals surface area contributed by atoms with Crippen LogP contribution in [-0.4, -0.2) is 34.6 Å². The third kappa shape index (κ3) is 5.94. The van der Waals surface area contributed by atoms with Crippen LogP contribution >= 0.6 is 11.6 Å². The second-order valence-corrected chi connectivity index (χ2v) is 7.22. The molecule has 2 aromatic carbocycles. The molecule has 0 aliphatic heterocycles. The van der Waals surface area contributed by atoms with Gasteiger partial charge in [0.2, 0.25) is 17.6 Å². The molecule has 0 aliphatic carbocycles. The number of halogens is 1. The molecule has 1 heterocycles. The summed E-state index contributed by atoms with van der Waals surface area (Å²) < 4.78 is 10.5. The van der Waals surface area contributed by atoms with Gasteiger partial charge in [0.05, 0.1) is 7.11 Å². The Hall–Kier alpha value is -3.12. The molecular formula is C23H24ClN3O3. The number of carbonyl (C=O) groups is 1. The van der Waals surface area contributed by atoms with E-state index in [1.54, 1.807) is 30.2 Å². The Balaban J connectivity index is 1.52. The van der Waals surface area contributed by atoms with Gasteiger partial charge in [-0.25, -0.2) is 0 Å². The number of nitrogens with zero attached hydrogens (tertiary/aromatic N) is 3. The molecule has 0 saturated heterocycles. The van der Waals surface area contributed by atoms with E-state index in [-0.39, 0.29) is 5.91 Å². The van der Waals surface area contributed by atoms with Crippen molar-refractivity contribution in [3.63, 3.8) is 0 Å². The van der Waals surface area contributed by atoms with Crippen LogP contribution in [-0.2, 0) is 17.8 Å². The molecule has 0 saturated carbocycles. The standard InChI is InChI=1S/C23H24ClN3O3/c1-3-15-27(16-17-7-13-20(29-2)14-8-17)22(28)6-4-5-21-25-23(26-30-21)18-9-11-19(24)12-10-18/h3,7-14H,1,4-6,15-16H2,2H3. The SMILES string of the molecule is C=CCN(Cc1ccc(OC)cc1)C(=O)CCCc1nc(-c2ccc(Cl)cc2)no1. The number of hydrogen-bond acceptors (Lipinski definition) is 5. The maximum absolute atomic E-state index is 12.7. The predicted octanol–water partition coefficient (Wildman–Crippen LogP) is 4.94. The third-order valence-corrected chi connectivity index (χ3v) is 4.84. The highest BCUT2D eigenvalue weighted by Crippen LogP contribution is 2.19. The quantitative estimate of drug-likeness (QED) is 0.430. The number of carbonyl (C=O) groups excluding carboxylic acids is 1. The smallest absolute Gasteiger partial charge is 0.226 e. The lowest BCUT2D eigenvalue weighted by Gasteiger charge is -2.21. The van der Waals surface area contributed by atoms with Crippen LogP contribution in [0.3, 0.4) is 0 Å². The second kappa shape index (κ2) is 10.6.